The molecule has 0 amide bonds. The van der Waals surface area contributed by atoms with Crippen molar-refractivity contribution in [3.63, 3.8) is 0 Å². The minimum Gasteiger partial charge on any atom is -0.335 e. The molecule has 0 bridgehead atoms. The molecule has 0 spiro atoms. The fraction of sp³-hybridized carbons (Fsp3) is 0.0667. The molecule has 2 heterocycles. The van der Waals surface area contributed by atoms with Crippen LogP contribution in [0.15, 0.2) is 42.7 Å². The first kappa shape index (κ1) is 13.0. The number of non-ortho nitro benzene ring substituents is 1. The van der Waals surface area contributed by atoms with Gasteiger partial charge in [-0.05, 0) is 30.4 Å². The molecular weight excluding hydrogens is 268 g/mol. The van der Waals surface area contributed by atoms with Crippen molar-refractivity contribution >= 4 is 28.7 Å². The third-order valence-electron chi connectivity index (χ3n) is 3.19. The van der Waals surface area contributed by atoms with Crippen molar-refractivity contribution in [1.82, 2.24) is 14.5 Å². The third kappa shape index (κ3) is 2.51. The lowest BCUT2D eigenvalue weighted by Crippen LogP contribution is -1.92. The average molecular weight is 280 g/mol. The molecule has 1 aromatic carbocycles. The van der Waals surface area contributed by atoms with Crippen LogP contribution in [0.25, 0.3) is 23.1 Å². The summed E-state index contributed by atoms with van der Waals surface area (Å²) in [6.45, 7) is 0. The Balaban J connectivity index is 2.00. The number of rotatable bonds is 3. The molecule has 0 radical (unpaired) electrons. The number of pyridine rings is 1. The summed E-state index contributed by atoms with van der Waals surface area (Å²) in [6, 6.07) is 8.36. The summed E-state index contributed by atoms with van der Waals surface area (Å²) >= 11 is 0. The van der Waals surface area contributed by atoms with Gasteiger partial charge in [0.25, 0.3) is 5.69 Å². The smallest absolute Gasteiger partial charge is 0.278 e. The first-order valence-electron chi connectivity index (χ1n) is 6.35. The van der Waals surface area contributed by atoms with E-state index in [2.05, 4.69) is 9.97 Å². The number of benzene rings is 1. The van der Waals surface area contributed by atoms with Gasteiger partial charge in [0.15, 0.2) is 0 Å². The molecule has 0 N–H and O–H groups in total. The van der Waals surface area contributed by atoms with Crippen molar-refractivity contribution in [2.45, 2.75) is 0 Å². The van der Waals surface area contributed by atoms with E-state index in [1.807, 2.05) is 30.0 Å². The lowest BCUT2D eigenvalue weighted by atomic mass is 10.1. The van der Waals surface area contributed by atoms with Gasteiger partial charge in [-0.15, -0.1) is 0 Å². The number of aromatic nitrogens is 3. The topological polar surface area (TPSA) is 73.8 Å². The molecule has 0 aliphatic rings. The molecule has 0 atom stereocenters. The van der Waals surface area contributed by atoms with E-state index in [-0.39, 0.29) is 5.69 Å². The van der Waals surface area contributed by atoms with Gasteiger partial charge in [-0.3, -0.25) is 10.1 Å². The molecule has 0 aliphatic heterocycles. The van der Waals surface area contributed by atoms with E-state index in [0.717, 1.165) is 11.5 Å². The number of nitro benzene ring substituents is 1. The van der Waals surface area contributed by atoms with E-state index >= 15 is 0 Å². The normalized spacial score (nSPS) is 11.3. The highest BCUT2D eigenvalue weighted by Crippen LogP contribution is 2.24. The van der Waals surface area contributed by atoms with Crippen LogP contribution in [0.4, 0.5) is 5.69 Å². The fourth-order valence-corrected chi connectivity index (χ4v) is 2.10. The van der Waals surface area contributed by atoms with Crippen molar-refractivity contribution in [2.24, 2.45) is 7.05 Å². The lowest BCUT2D eigenvalue weighted by Gasteiger charge is -2.00. The Kier molecular flexibility index (Phi) is 3.19. The van der Waals surface area contributed by atoms with Crippen LogP contribution in [0.2, 0.25) is 0 Å². The Bertz CT molecular complexity index is 852. The van der Waals surface area contributed by atoms with Crippen LogP contribution in [0.5, 0.6) is 0 Å². The third-order valence-corrected chi connectivity index (χ3v) is 3.19. The van der Waals surface area contributed by atoms with E-state index in [4.69, 9.17) is 0 Å². The van der Waals surface area contributed by atoms with Crippen LogP contribution in [0.1, 0.15) is 11.5 Å². The first-order valence-corrected chi connectivity index (χ1v) is 6.35. The predicted molar refractivity (Wildman–Crippen MR) is 80.5 cm³/mol. The van der Waals surface area contributed by atoms with E-state index in [1.54, 1.807) is 30.5 Å². The zero-order valence-corrected chi connectivity index (χ0v) is 11.3. The van der Waals surface area contributed by atoms with Gasteiger partial charge in [0.2, 0.25) is 0 Å². The van der Waals surface area contributed by atoms with Gasteiger partial charge in [0.05, 0.1) is 21.5 Å². The van der Waals surface area contributed by atoms with Gasteiger partial charge in [0, 0.05) is 25.5 Å². The van der Waals surface area contributed by atoms with Crippen LogP contribution in [0, 0.1) is 10.1 Å². The van der Waals surface area contributed by atoms with Crippen molar-refractivity contribution in [3.8, 4) is 0 Å². The average Bonchev–Trinajstić information content (AvgIpc) is 2.89. The van der Waals surface area contributed by atoms with Crippen LogP contribution in [-0.2, 0) is 7.05 Å². The maximum atomic E-state index is 11.0. The molecule has 0 saturated heterocycles. The van der Waals surface area contributed by atoms with Crippen LogP contribution in [0.3, 0.4) is 0 Å². The fourth-order valence-electron chi connectivity index (χ4n) is 2.10. The molecular formula is C15H12N4O2. The number of imidazole rings is 1. The maximum absolute atomic E-state index is 11.0. The van der Waals surface area contributed by atoms with Gasteiger partial charge in [-0.2, -0.15) is 0 Å². The Morgan fingerprint density at radius 2 is 2.10 bits per heavy atom. The molecule has 6 nitrogen and oxygen atoms in total. The van der Waals surface area contributed by atoms with Crippen molar-refractivity contribution in [2.75, 3.05) is 0 Å². The Morgan fingerprint density at radius 1 is 1.24 bits per heavy atom. The van der Waals surface area contributed by atoms with Gasteiger partial charge >= 0.3 is 0 Å². The molecule has 6 heteroatoms. The van der Waals surface area contributed by atoms with Crippen molar-refractivity contribution in [1.29, 1.82) is 0 Å². The number of hydrogen-bond donors (Lipinski definition) is 0. The summed E-state index contributed by atoms with van der Waals surface area (Å²) < 4.78 is 1.89. The number of nitrogens with zero attached hydrogens (tertiary/aromatic N) is 4. The predicted octanol–water partition coefficient (Wildman–Crippen LogP) is 3.05. The molecule has 21 heavy (non-hydrogen) atoms. The van der Waals surface area contributed by atoms with E-state index in [0.29, 0.717) is 10.9 Å². The number of nitro groups is 1. The molecule has 0 saturated carbocycles. The number of fused-ring (bicyclic) bond motifs is 1. The zero-order valence-electron chi connectivity index (χ0n) is 11.3. The molecule has 3 aromatic rings. The highest BCUT2D eigenvalue weighted by Gasteiger charge is 2.11. The van der Waals surface area contributed by atoms with Gasteiger partial charge in [-0.25, -0.2) is 9.97 Å². The molecule has 104 valence electrons. The van der Waals surface area contributed by atoms with E-state index in [1.165, 1.54) is 6.07 Å². The zero-order chi connectivity index (χ0) is 14.8. The van der Waals surface area contributed by atoms with Crippen LogP contribution >= 0.6 is 0 Å². The quantitative estimate of drug-likeness (QED) is 0.546. The van der Waals surface area contributed by atoms with Gasteiger partial charge in [-0.1, -0.05) is 6.07 Å². The molecule has 0 fully saturated rings. The maximum Gasteiger partial charge on any atom is 0.278 e. The van der Waals surface area contributed by atoms with Gasteiger partial charge < -0.3 is 4.57 Å². The number of hydrogen-bond acceptors (Lipinski definition) is 4. The lowest BCUT2D eigenvalue weighted by molar-refractivity contribution is -0.383. The second kappa shape index (κ2) is 5.16. The summed E-state index contributed by atoms with van der Waals surface area (Å²) in [5.41, 5.74) is 1.40. The second-order valence-electron chi connectivity index (χ2n) is 4.57. The summed E-state index contributed by atoms with van der Waals surface area (Å²) in [6.07, 6.45) is 7.26. The molecule has 3 rings (SSSR count). The SMILES string of the molecule is Cn1ccnc1/C=C/c1ccc2c([N+](=O)[O-])cccc2n1. The Labute approximate surface area is 120 Å². The van der Waals surface area contributed by atoms with Crippen molar-refractivity contribution < 1.29 is 4.92 Å². The second-order valence-corrected chi connectivity index (χ2v) is 4.57. The first-order chi connectivity index (χ1) is 10.1. The summed E-state index contributed by atoms with van der Waals surface area (Å²) in [5.74, 6) is 0.816. The van der Waals surface area contributed by atoms with E-state index < -0.39 is 4.92 Å². The minimum atomic E-state index is -0.395. The summed E-state index contributed by atoms with van der Waals surface area (Å²) in [4.78, 5) is 19.2. The Hall–Kier alpha value is -3.02. The minimum absolute atomic E-state index is 0.0691. The molecule has 2 aromatic heterocycles. The van der Waals surface area contributed by atoms with Crippen LogP contribution < -0.4 is 0 Å². The highest BCUT2D eigenvalue weighted by molar-refractivity contribution is 5.88. The highest BCUT2D eigenvalue weighted by atomic mass is 16.6. The van der Waals surface area contributed by atoms with Crippen molar-refractivity contribution in [3.05, 3.63) is 64.4 Å². The van der Waals surface area contributed by atoms with E-state index in [9.17, 15) is 10.1 Å². The number of aryl methyl sites for hydroxylation is 1. The standard InChI is InChI=1S/C15H12N4O2/c1-18-10-9-16-15(18)8-6-11-5-7-12-13(17-11)3-2-4-14(12)19(20)21/h2-10H,1H3/b8-6+. The summed E-state index contributed by atoms with van der Waals surface area (Å²) in [7, 11) is 1.91. The molecule has 0 unspecified atom stereocenters. The van der Waals surface area contributed by atoms with Crippen LogP contribution in [-0.4, -0.2) is 19.5 Å². The van der Waals surface area contributed by atoms with Gasteiger partial charge in [0.1, 0.15) is 5.82 Å². The molecule has 0 aliphatic carbocycles. The Morgan fingerprint density at radius 3 is 2.81 bits per heavy atom. The largest absolute Gasteiger partial charge is 0.335 e. The summed E-state index contributed by atoms with van der Waals surface area (Å²) in [5, 5.41) is 11.5. The monoisotopic (exact) mass is 280 g/mol.